The molecule has 0 spiro atoms. The molecule has 0 saturated heterocycles. The second-order valence-electron chi connectivity index (χ2n) is 5.17. The Bertz CT molecular complexity index is 246. The summed E-state index contributed by atoms with van der Waals surface area (Å²) in [6.07, 6.45) is 2.82. The predicted molar refractivity (Wildman–Crippen MR) is 68.9 cm³/mol. The van der Waals surface area contributed by atoms with E-state index in [0.717, 1.165) is 12.8 Å². The second-order valence-corrected chi connectivity index (χ2v) is 5.17. The van der Waals surface area contributed by atoms with Gasteiger partial charge in [0.1, 0.15) is 5.60 Å². The van der Waals surface area contributed by atoms with Crippen molar-refractivity contribution in [1.82, 2.24) is 5.32 Å². The van der Waals surface area contributed by atoms with E-state index in [9.17, 15) is 9.90 Å². The highest BCUT2D eigenvalue weighted by molar-refractivity contribution is 5.68. The molecule has 0 aliphatic carbocycles. The number of carbonyl (C=O) groups excluding carboxylic acids is 1. The number of hydrogen-bond donors (Lipinski definition) is 2. The van der Waals surface area contributed by atoms with Gasteiger partial charge in [-0.15, -0.1) is 6.58 Å². The van der Waals surface area contributed by atoms with E-state index in [1.165, 1.54) is 0 Å². The summed E-state index contributed by atoms with van der Waals surface area (Å²) in [6.45, 7) is 11.1. The topological polar surface area (TPSA) is 58.6 Å². The molecule has 4 heteroatoms. The van der Waals surface area contributed by atoms with E-state index in [-0.39, 0.29) is 6.04 Å². The molecule has 0 rings (SSSR count). The van der Waals surface area contributed by atoms with E-state index in [0.29, 0.717) is 6.42 Å². The van der Waals surface area contributed by atoms with Crippen molar-refractivity contribution < 1.29 is 14.6 Å². The number of carbonyl (C=O) groups is 1. The number of rotatable bonds is 6. The van der Waals surface area contributed by atoms with Crippen molar-refractivity contribution in [3.05, 3.63) is 12.7 Å². The quantitative estimate of drug-likeness (QED) is 0.705. The maximum Gasteiger partial charge on any atom is 0.408 e. The third kappa shape index (κ3) is 8.74. The molecule has 4 nitrogen and oxygen atoms in total. The molecule has 0 aromatic carbocycles. The second kappa shape index (κ2) is 7.33. The molecule has 100 valence electrons. The van der Waals surface area contributed by atoms with Crippen LogP contribution in [0.3, 0.4) is 0 Å². The van der Waals surface area contributed by atoms with Gasteiger partial charge in [-0.2, -0.15) is 0 Å². The first-order chi connectivity index (χ1) is 7.78. The summed E-state index contributed by atoms with van der Waals surface area (Å²) in [5, 5.41) is 12.3. The van der Waals surface area contributed by atoms with Crippen LogP contribution in [0.25, 0.3) is 0 Å². The Kier molecular flexibility index (Phi) is 6.88. The SMILES string of the molecule is C=C[C@H](C[C@H](O)CCC)NC(=O)OC(C)(C)C. The maximum atomic E-state index is 11.5. The van der Waals surface area contributed by atoms with Crippen LogP contribution in [-0.2, 0) is 4.74 Å². The lowest BCUT2D eigenvalue weighted by Gasteiger charge is -2.23. The van der Waals surface area contributed by atoms with Gasteiger partial charge in [0.05, 0.1) is 12.1 Å². The highest BCUT2D eigenvalue weighted by Gasteiger charge is 2.19. The molecular formula is C13H25NO3. The summed E-state index contributed by atoms with van der Waals surface area (Å²) >= 11 is 0. The Labute approximate surface area is 104 Å². The molecule has 0 aliphatic rings. The highest BCUT2D eigenvalue weighted by Crippen LogP contribution is 2.09. The number of aliphatic hydroxyl groups is 1. The molecule has 0 heterocycles. The third-order valence-corrected chi connectivity index (χ3v) is 2.13. The Hall–Kier alpha value is -1.03. The van der Waals surface area contributed by atoms with Crippen molar-refractivity contribution in [1.29, 1.82) is 0 Å². The summed E-state index contributed by atoms with van der Waals surface area (Å²) in [6, 6.07) is -0.258. The molecule has 0 radical (unpaired) electrons. The van der Waals surface area contributed by atoms with E-state index in [2.05, 4.69) is 11.9 Å². The van der Waals surface area contributed by atoms with E-state index in [4.69, 9.17) is 4.74 Å². The van der Waals surface area contributed by atoms with Gasteiger partial charge in [-0.05, 0) is 33.6 Å². The van der Waals surface area contributed by atoms with E-state index in [1.54, 1.807) is 26.8 Å². The Morgan fingerprint density at radius 1 is 1.53 bits per heavy atom. The molecule has 2 N–H and O–H groups in total. The first kappa shape index (κ1) is 16.0. The largest absolute Gasteiger partial charge is 0.444 e. The summed E-state index contributed by atoms with van der Waals surface area (Å²) in [5.74, 6) is 0. The Morgan fingerprint density at radius 2 is 2.12 bits per heavy atom. The zero-order valence-corrected chi connectivity index (χ0v) is 11.3. The zero-order chi connectivity index (χ0) is 13.5. The predicted octanol–water partition coefficient (Wildman–Crippen LogP) is 2.62. The minimum Gasteiger partial charge on any atom is -0.444 e. The summed E-state index contributed by atoms with van der Waals surface area (Å²) in [5.41, 5.74) is -0.516. The molecule has 17 heavy (non-hydrogen) atoms. The van der Waals surface area contributed by atoms with Gasteiger partial charge in [0.15, 0.2) is 0 Å². The van der Waals surface area contributed by atoms with Crippen molar-refractivity contribution in [3.63, 3.8) is 0 Å². The van der Waals surface area contributed by atoms with Crippen molar-refractivity contribution in [2.24, 2.45) is 0 Å². The molecule has 2 atom stereocenters. The van der Waals surface area contributed by atoms with Crippen LogP contribution in [0.15, 0.2) is 12.7 Å². The van der Waals surface area contributed by atoms with Crippen LogP contribution in [0.4, 0.5) is 4.79 Å². The molecule has 0 unspecified atom stereocenters. The van der Waals surface area contributed by atoms with Gasteiger partial charge in [0, 0.05) is 0 Å². The van der Waals surface area contributed by atoms with Crippen LogP contribution in [0.1, 0.15) is 47.0 Å². The number of aliphatic hydroxyl groups excluding tert-OH is 1. The lowest BCUT2D eigenvalue weighted by molar-refractivity contribution is 0.0497. The van der Waals surface area contributed by atoms with Crippen LogP contribution < -0.4 is 5.32 Å². The molecule has 0 bridgehead atoms. The van der Waals surface area contributed by atoms with E-state index >= 15 is 0 Å². The van der Waals surface area contributed by atoms with Gasteiger partial charge < -0.3 is 15.2 Å². The van der Waals surface area contributed by atoms with E-state index < -0.39 is 17.8 Å². The maximum absolute atomic E-state index is 11.5. The van der Waals surface area contributed by atoms with Gasteiger partial charge in [-0.25, -0.2) is 4.79 Å². The highest BCUT2D eigenvalue weighted by atomic mass is 16.6. The lowest BCUT2D eigenvalue weighted by atomic mass is 10.1. The fraction of sp³-hybridized carbons (Fsp3) is 0.769. The van der Waals surface area contributed by atoms with Gasteiger partial charge in [0.2, 0.25) is 0 Å². The Balaban J connectivity index is 4.13. The van der Waals surface area contributed by atoms with Crippen LogP contribution in [-0.4, -0.2) is 28.9 Å². The minimum atomic E-state index is -0.516. The van der Waals surface area contributed by atoms with Gasteiger partial charge in [0.25, 0.3) is 0 Å². The van der Waals surface area contributed by atoms with Crippen LogP contribution in [0.5, 0.6) is 0 Å². The van der Waals surface area contributed by atoms with Gasteiger partial charge in [-0.1, -0.05) is 19.4 Å². The summed E-state index contributed by atoms with van der Waals surface area (Å²) in [4.78, 5) is 11.5. The first-order valence-electron chi connectivity index (χ1n) is 6.08. The fourth-order valence-electron chi connectivity index (χ4n) is 1.42. The molecular weight excluding hydrogens is 218 g/mol. The zero-order valence-electron chi connectivity index (χ0n) is 11.3. The van der Waals surface area contributed by atoms with Gasteiger partial charge in [-0.3, -0.25) is 0 Å². The number of alkyl carbamates (subject to hydrolysis) is 1. The van der Waals surface area contributed by atoms with Crippen molar-refractivity contribution in [2.75, 3.05) is 0 Å². The Morgan fingerprint density at radius 3 is 2.53 bits per heavy atom. The average molecular weight is 243 g/mol. The lowest BCUT2D eigenvalue weighted by Crippen LogP contribution is -2.39. The van der Waals surface area contributed by atoms with Crippen molar-refractivity contribution in [3.8, 4) is 0 Å². The number of hydrogen-bond acceptors (Lipinski definition) is 3. The number of nitrogens with one attached hydrogen (secondary N) is 1. The van der Waals surface area contributed by atoms with Gasteiger partial charge >= 0.3 is 6.09 Å². The number of ether oxygens (including phenoxy) is 1. The van der Waals surface area contributed by atoms with E-state index in [1.807, 2.05) is 6.92 Å². The fourth-order valence-corrected chi connectivity index (χ4v) is 1.42. The normalized spacial score (nSPS) is 14.9. The first-order valence-corrected chi connectivity index (χ1v) is 6.08. The summed E-state index contributed by atoms with van der Waals surface area (Å²) < 4.78 is 5.13. The molecule has 0 aromatic rings. The monoisotopic (exact) mass is 243 g/mol. The molecule has 0 saturated carbocycles. The number of amides is 1. The van der Waals surface area contributed by atoms with Crippen LogP contribution >= 0.6 is 0 Å². The smallest absolute Gasteiger partial charge is 0.408 e. The minimum absolute atomic E-state index is 0.258. The van der Waals surface area contributed by atoms with Crippen molar-refractivity contribution >= 4 is 6.09 Å². The average Bonchev–Trinajstić information content (AvgIpc) is 2.13. The van der Waals surface area contributed by atoms with Crippen molar-refractivity contribution in [2.45, 2.75) is 64.7 Å². The molecule has 0 fully saturated rings. The van der Waals surface area contributed by atoms with Crippen LogP contribution in [0.2, 0.25) is 0 Å². The van der Waals surface area contributed by atoms with Crippen LogP contribution in [0, 0.1) is 0 Å². The molecule has 0 aliphatic heterocycles. The molecule has 0 aromatic heterocycles. The summed E-state index contributed by atoms with van der Waals surface area (Å²) in [7, 11) is 0. The third-order valence-electron chi connectivity index (χ3n) is 2.13. The standard InChI is InChI=1S/C13H25NO3/c1-6-8-11(15)9-10(7-2)14-12(16)17-13(3,4)5/h7,10-11,15H,2,6,8-9H2,1,3-5H3,(H,14,16)/t10-,11-/m1/s1. The molecule has 1 amide bonds.